The van der Waals surface area contributed by atoms with Gasteiger partial charge in [-0.1, -0.05) is 29.8 Å². The largest absolute Gasteiger partial charge is 0.461 e. The molecule has 2 rings (SSSR count). The third kappa shape index (κ3) is 4.25. The SMILES string of the molecule is CCOC(=O)C(F)(F)/C(=N/N1CCOCC1)c1ccc(C)cc1. The summed E-state index contributed by atoms with van der Waals surface area (Å²) < 4.78 is 38.8. The normalized spacial score (nSPS) is 16.3. The highest BCUT2D eigenvalue weighted by Gasteiger charge is 2.47. The Morgan fingerprint density at radius 3 is 2.48 bits per heavy atom. The maximum Gasteiger partial charge on any atom is 0.386 e. The fourth-order valence-corrected chi connectivity index (χ4v) is 2.13. The Bertz CT molecular complexity index is 567. The molecule has 1 aromatic rings. The van der Waals surface area contributed by atoms with Gasteiger partial charge in [0.25, 0.3) is 0 Å². The lowest BCUT2D eigenvalue weighted by Crippen LogP contribution is -2.43. The van der Waals surface area contributed by atoms with Crippen LogP contribution in [0.3, 0.4) is 0 Å². The molecule has 0 radical (unpaired) electrons. The van der Waals surface area contributed by atoms with Crippen LogP contribution in [0.15, 0.2) is 29.4 Å². The van der Waals surface area contributed by atoms with Gasteiger partial charge in [0.2, 0.25) is 0 Å². The monoisotopic (exact) mass is 326 g/mol. The van der Waals surface area contributed by atoms with Crippen LogP contribution in [0, 0.1) is 6.92 Å². The Balaban J connectivity index is 2.39. The number of benzene rings is 1. The molecule has 23 heavy (non-hydrogen) atoms. The van der Waals surface area contributed by atoms with Gasteiger partial charge in [-0.3, -0.25) is 5.01 Å². The van der Waals surface area contributed by atoms with E-state index in [-0.39, 0.29) is 12.2 Å². The summed E-state index contributed by atoms with van der Waals surface area (Å²) >= 11 is 0. The number of aryl methyl sites for hydroxylation is 1. The molecule has 0 aromatic heterocycles. The van der Waals surface area contributed by atoms with Crippen LogP contribution >= 0.6 is 0 Å². The average molecular weight is 326 g/mol. The molecule has 0 amide bonds. The van der Waals surface area contributed by atoms with Crippen molar-refractivity contribution in [1.29, 1.82) is 0 Å². The number of hydrogen-bond donors (Lipinski definition) is 0. The summed E-state index contributed by atoms with van der Waals surface area (Å²) in [5.41, 5.74) is 0.525. The molecule has 7 heteroatoms. The Morgan fingerprint density at radius 2 is 1.91 bits per heavy atom. The van der Waals surface area contributed by atoms with Crippen LogP contribution in [0.4, 0.5) is 8.78 Å². The van der Waals surface area contributed by atoms with E-state index in [4.69, 9.17) is 4.74 Å². The number of carbonyl (C=O) groups excluding carboxylic acids is 1. The molecule has 0 aliphatic carbocycles. The predicted molar refractivity (Wildman–Crippen MR) is 81.7 cm³/mol. The zero-order valence-electron chi connectivity index (χ0n) is 13.2. The minimum Gasteiger partial charge on any atom is -0.461 e. The number of rotatable bonds is 5. The maximum atomic E-state index is 14.5. The first-order valence-electron chi connectivity index (χ1n) is 7.49. The summed E-state index contributed by atoms with van der Waals surface area (Å²) in [4.78, 5) is 11.7. The van der Waals surface area contributed by atoms with Crippen LogP contribution in [0.2, 0.25) is 0 Å². The van der Waals surface area contributed by atoms with Gasteiger partial charge in [-0.05, 0) is 13.8 Å². The summed E-state index contributed by atoms with van der Waals surface area (Å²) in [6.07, 6.45) is 0. The van der Waals surface area contributed by atoms with Gasteiger partial charge in [0.15, 0.2) is 0 Å². The van der Waals surface area contributed by atoms with Crippen molar-refractivity contribution in [3.63, 3.8) is 0 Å². The van der Waals surface area contributed by atoms with E-state index in [0.717, 1.165) is 5.56 Å². The molecular formula is C16H20F2N2O3. The van der Waals surface area contributed by atoms with Crippen LogP contribution in [-0.4, -0.2) is 55.5 Å². The van der Waals surface area contributed by atoms with Gasteiger partial charge in [-0.15, -0.1) is 0 Å². The number of halogens is 2. The molecule has 0 spiro atoms. The molecule has 1 saturated heterocycles. The molecule has 0 N–H and O–H groups in total. The Hall–Kier alpha value is -2.02. The van der Waals surface area contributed by atoms with E-state index in [2.05, 4.69) is 9.84 Å². The quantitative estimate of drug-likeness (QED) is 0.615. The summed E-state index contributed by atoms with van der Waals surface area (Å²) in [5.74, 6) is -5.41. The molecule has 0 saturated carbocycles. The third-order valence-electron chi connectivity index (χ3n) is 3.38. The molecule has 1 aliphatic rings. The van der Waals surface area contributed by atoms with Crippen molar-refractivity contribution < 1.29 is 23.0 Å². The number of nitrogens with zero attached hydrogens (tertiary/aromatic N) is 2. The molecule has 1 fully saturated rings. The molecule has 0 atom stereocenters. The highest BCUT2D eigenvalue weighted by Crippen LogP contribution is 2.24. The van der Waals surface area contributed by atoms with Crippen molar-refractivity contribution in [2.24, 2.45) is 5.10 Å². The van der Waals surface area contributed by atoms with Gasteiger partial charge in [-0.25, -0.2) is 4.79 Å². The van der Waals surface area contributed by atoms with E-state index >= 15 is 0 Å². The van der Waals surface area contributed by atoms with Gasteiger partial charge >= 0.3 is 11.9 Å². The number of ether oxygens (including phenoxy) is 2. The average Bonchev–Trinajstić information content (AvgIpc) is 2.55. The van der Waals surface area contributed by atoms with Crippen molar-refractivity contribution in [3.05, 3.63) is 35.4 Å². The summed E-state index contributed by atoms with van der Waals surface area (Å²) in [6, 6.07) is 6.46. The second-order valence-electron chi connectivity index (χ2n) is 5.18. The fourth-order valence-electron chi connectivity index (χ4n) is 2.13. The molecule has 1 heterocycles. The molecule has 126 valence electrons. The van der Waals surface area contributed by atoms with Gasteiger partial charge in [0, 0.05) is 5.56 Å². The summed E-state index contributed by atoms with van der Waals surface area (Å²) in [6.45, 7) is 4.84. The van der Waals surface area contributed by atoms with Crippen molar-refractivity contribution in [2.75, 3.05) is 32.9 Å². The van der Waals surface area contributed by atoms with Crippen LogP contribution in [0.25, 0.3) is 0 Å². The summed E-state index contributed by atoms with van der Waals surface area (Å²) in [7, 11) is 0. The van der Waals surface area contributed by atoms with Crippen LogP contribution in [0.5, 0.6) is 0 Å². The van der Waals surface area contributed by atoms with Crippen LogP contribution < -0.4 is 0 Å². The lowest BCUT2D eigenvalue weighted by Gasteiger charge is -2.26. The van der Waals surface area contributed by atoms with Crippen LogP contribution in [0.1, 0.15) is 18.1 Å². The lowest BCUT2D eigenvalue weighted by atomic mass is 10.0. The zero-order valence-corrected chi connectivity index (χ0v) is 13.2. The van der Waals surface area contributed by atoms with E-state index < -0.39 is 17.6 Å². The topological polar surface area (TPSA) is 51.1 Å². The Kier molecular flexibility index (Phi) is 5.65. The minimum atomic E-state index is -3.82. The van der Waals surface area contributed by atoms with Crippen molar-refractivity contribution in [1.82, 2.24) is 5.01 Å². The van der Waals surface area contributed by atoms with Gasteiger partial charge < -0.3 is 9.47 Å². The minimum absolute atomic E-state index is 0.118. The van der Waals surface area contributed by atoms with Crippen LogP contribution in [-0.2, 0) is 14.3 Å². The highest BCUT2D eigenvalue weighted by molar-refractivity contribution is 6.16. The number of hydrazone groups is 1. The van der Waals surface area contributed by atoms with E-state index in [0.29, 0.717) is 26.3 Å². The van der Waals surface area contributed by atoms with Crippen molar-refractivity contribution >= 4 is 11.7 Å². The number of hydrogen-bond acceptors (Lipinski definition) is 5. The Labute approximate surface area is 133 Å². The highest BCUT2D eigenvalue weighted by atomic mass is 19.3. The first kappa shape index (κ1) is 17.3. The van der Waals surface area contributed by atoms with Gasteiger partial charge in [-0.2, -0.15) is 13.9 Å². The Morgan fingerprint density at radius 1 is 1.30 bits per heavy atom. The van der Waals surface area contributed by atoms with Gasteiger partial charge in [0.1, 0.15) is 5.71 Å². The molecule has 0 unspecified atom stereocenters. The van der Waals surface area contributed by atoms with E-state index in [1.54, 1.807) is 12.1 Å². The van der Waals surface area contributed by atoms with Crippen molar-refractivity contribution in [2.45, 2.75) is 19.8 Å². The second kappa shape index (κ2) is 7.50. The van der Waals surface area contributed by atoms with E-state index in [9.17, 15) is 13.6 Å². The number of carbonyl (C=O) groups is 1. The molecular weight excluding hydrogens is 306 g/mol. The first-order chi connectivity index (χ1) is 10.9. The van der Waals surface area contributed by atoms with Crippen molar-refractivity contribution in [3.8, 4) is 0 Å². The number of esters is 1. The van der Waals surface area contributed by atoms with E-state index in [1.165, 1.54) is 24.1 Å². The zero-order chi connectivity index (χ0) is 16.9. The smallest absolute Gasteiger partial charge is 0.386 e. The standard InChI is InChI=1S/C16H20F2N2O3/c1-3-23-15(21)16(17,18)14(13-6-4-12(2)5-7-13)19-20-8-10-22-11-9-20/h4-7H,3,8-11H2,1-2H3/b19-14+. The fraction of sp³-hybridized carbons (Fsp3) is 0.500. The third-order valence-corrected chi connectivity index (χ3v) is 3.38. The lowest BCUT2D eigenvalue weighted by molar-refractivity contribution is -0.162. The number of morpholine rings is 1. The number of alkyl halides is 2. The second-order valence-corrected chi connectivity index (χ2v) is 5.18. The first-order valence-corrected chi connectivity index (χ1v) is 7.49. The molecule has 1 aliphatic heterocycles. The molecule has 0 bridgehead atoms. The molecule has 5 nitrogen and oxygen atoms in total. The summed E-state index contributed by atoms with van der Waals surface area (Å²) in [5, 5.41) is 5.52. The maximum absolute atomic E-state index is 14.5. The van der Waals surface area contributed by atoms with Gasteiger partial charge in [0.05, 0.1) is 32.9 Å². The van der Waals surface area contributed by atoms with E-state index in [1.807, 2.05) is 6.92 Å². The molecule has 1 aromatic carbocycles. The predicted octanol–water partition coefficient (Wildman–Crippen LogP) is 2.23.